The van der Waals surface area contributed by atoms with Crippen LogP contribution in [0.25, 0.3) is 0 Å². The Hall–Kier alpha value is -1.47. The topological polar surface area (TPSA) is 71.7 Å². The largest absolute Gasteiger partial charge is 0.465 e. The fraction of sp³-hybridized carbons (Fsp3) is 0.786. The molecule has 1 saturated heterocycles. The maximum Gasteiger partial charge on any atom is 0.318 e. The third-order valence-electron chi connectivity index (χ3n) is 3.89. The number of likely N-dealkylation sites (N-methyl/N-ethyl adjacent to an activating group) is 2. The molecule has 2 unspecified atom stereocenters. The zero-order valence-corrected chi connectivity index (χ0v) is 13.2. The van der Waals surface area contributed by atoms with Gasteiger partial charge >= 0.3 is 5.97 Å². The zero-order valence-electron chi connectivity index (χ0n) is 13.2. The second-order valence-corrected chi connectivity index (χ2v) is 5.62. The van der Waals surface area contributed by atoms with Crippen molar-refractivity contribution >= 4 is 5.97 Å². The fourth-order valence-electron chi connectivity index (χ4n) is 2.43. The minimum absolute atomic E-state index is 0.329. The summed E-state index contributed by atoms with van der Waals surface area (Å²) in [7, 11) is 4.23. The van der Waals surface area contributed by atoms with Crippen molar-refractivity contribution in [1.29, 1.82) is 0 Å². The van der Waals surface area contributed by atoms with Crippen LogP contribution in [0.4, 0.5) is 0 Å². The molecule has 2 atom stereocenters. The highest BCUT2D eigenvalue weighted by Gasteiger charge is 2.27. The summed E-state index contributed by atoms with van der Waals surface area (Å²) >= 11 is 0. The number of piperazine rings is 1. The third-order valence-corrected chi connectivity index (χ3v) is 3.89. The number of aromatic nitrogens is 2. The number of ether oxygens (including phenoxy) is 1. The molecule has 0 aliphatic carbocycles. The van der Waals surface area contributed by atoms with Crippen molar-refractivity contribution in [2.24, 2.45) is 0 Å². The highest BCUT2D eigenvalue weighted by Crippen LogP contribution is 2.16. The molecule has 0 saturated carbocycles. The van der Waals surface area contributed by atoms with Crippen LogP contribution in [0.2, 0.25) is 0 Å². The molecule has 21 heavy (non-hydrogen) atoms. The van der Waals surface area contributed by atoms with Gasteiger partial charge in [-0.25, -0.2) is 0 Å². The molecule has 2 rings (SSSR count). The summed E-state index contributed by atoms with van der Waals surface area (Å²) in [4.78, 5) is 20.6. The molecule has 0 bridgehead atoms. The molecule has 1 aromatic rings. The number of esters is 1. The van der Waals surface area contributed by atoms with E-state index in [1.54, 1.807) is 13.8 Å². The van der Waals surface area contributed by atoms with Crippen molar-refractivity contribution in [3.63, 3.8) is 0 Å². The van der Waals surface area contributed by atoms with Gasteiger partial charge in [-0.3, -0.25) is 4.79 Å². The number of hydrogen-bond acceptors (Lipinski definition) is 7. The van der Waals surface area contributed by atoms with Crippen LogP contribution >= 0.6 is 0 Å². The molecule has 7 nitrogen and oxygen atoms in total. The number of carbonyl (C=O) groups is 1. The summed E-state index contributed by atoms with van der Waals surface area (Å²) in [5.41, 5.74) is 0. The highest BCUT2D eigenvalue weighted by atomic mass is 16.5. The van der Waals surface area contributed by atoms with Crippen molar-refractivity contribution in [3.8, 4) is 0 Å². The van der Waals surface area contributed by atoms with Crippen LogP contribution in [0.15, 0.2) is 4.52 Å². The molecule has 1 aromatic heterocycles. The van der Waals surface area contributed by atoms with Gasteiger partial charge in [0.1, 0.15) is 5.92 Å². The number of carbonyl (C=O) groups excluding carboxylic acids is 1. The molecule has 1 aliphatic rings. The first-order chi connectivity index (χ1) is 10.0. The van der Waals surface area contributed by atoms with E-state index in [4.69, 9.17) is 9.26 Å². The summed E-state index contributed by atoms with van der Waals surface area (Å²) in [6.45, 7) is 6.93. The number of nitrogens with zero attached hydrogens (tertiary/aromatic N) is 4. The van der Waals surface area contributed by atoms with Crippen LogP contribution in [0, 0.1) is 0 Å². The zero-order chi connectivity index (χ0) is 15.4. The number of hydrogen-bond donors (Lipinski definition) is 0. The van der Waals surface area contributed by atoms with Crippen molar-refractivity contribution < 1.29 is 14.1 Å². The lowest BCUT2D eigenvalue weighted by Gasteiger charge is -2.37. The van der Waals surface area contributed by atoms with Crippen molar-refractivity contribution in [2.75, 3.05) is 40.3 Å². The van der Waals surface area contributed by atoms with Gasteiger partial charge in [0.25, 0.3) is 0 Å². The van der Waals surface area contributed by atoms with E-state index < -0.39 is 5.92 Å². The molecule has 1 fully saturated rings. The van der Waals surface area contributed by atoms with Crippen LogP contribution in [0.5, 0.6) is 0 Å². The van der Waals surface area contributed by atoms with Crippen LogP contribution in [-0.2, 0) is 16.0 Å². The lowest BCUT2D eigenvalue weighted by atomic mass is 10.1. The quantitative estimate of drug-likeness (QED) is 0.734. The van der Waals surface area contributed by atoms with E-state index in [0.29, 0.717) is 24.4 Å². The summed E-state index contributed by atoms with van der Waals surface area (Å²) in [6.07, 6.45) is 0.722. The molecule has 118 valence electrons. The predicted octanol–water partition coefficient (Wildman–Crippen LogP) is 0.525. The van der Waals surface area contributed by atoms with E-state index in [1.165, 1.54) is 0 Å². The lowest BCUT2D eigenvalue weighted by Crippen LogP contribution is -2.50. The molecular weight excluding hydrogens is 272 g/mol. The van der Waals surface area contributed by atoms with E-state index >= 15 is 0 Å². The monoisotopic (exact) mass is 296 g/mol. The van der Waals surface area contributed by atoms with Gasteiger partial charge in [0, 0.05) is 32.1 Å². The summed E-state index contributed by atoms with van der Waals surface area (Å²) in [5, 5.41) is 3.99. The highest BCUT2D eigenvalue weighted by molar-refractivity contribution is 5.76. The normalized spacial score (nSPS) is 22.2. The van der Waals surface area contributed by atoms with Crippen molar-refractivity contribution in [2.45, 2.75) is 32.2 Å². The summed E-state index contributed by atoms with van der Waals surface area (Å²) in [5.74, 6) is 0.128. The van der Waals surface area contributed by atoms with Gasteiger partial charge < -0.3 is 19.1 Å². The van der Waals surface area contributed by atoms with Crippen LogP contribution in [-0.4, -0.2) is 72.3 Å². The van der Waals surface area contributed by atoms with Crippen LogP contribution in [0.1, 0.15) is 31.5 Å². The first kappa shape index (κ1) is 15.9. The third kappa shape index (κ3) is 4.01. The Labute approximate surface area is 125 Å². The van der Waals surface area contributed by atoms with Gasteiger partial charge in [-0.1, -0.05) is 5.16 Å². The maximum absolute atomic E-state index is 11.7. The second-order valence-electron chi connectivity index (χ2n) is 5.62. The Morgan fingerprint density at radius 3 is 2.95 bits per heavy atom. The Balaban J connectivity index is 1.98. The van der Waals surface area contributed by atoms with E-state index in [-0.39, 0.29) is 5.97 Å². The van der Waals surface area contributed by atoms with Gasteiger partial charge in [0.15, 0.2) is 5.82 Å². The van der Waals surface area contributed by atoms with Crippen molar-refractivity contribution in [3.05, 3.63) is 11.7 Å². The van der Waals surface area contributed by atoms with Gasteiger partial charge in [0.2, 0.25) is 5.89 Å². The van der Waals surface area contributed by atoms with Crippen LogP contribution in [0.3, 0.4) is 0 Å². The Bertz CT molecular complexity index is 477. The van der Waals surface area contributed by atoms with E-state index in [1.807, 2.05) is 0 Å². The molecule has 0 N–H and O–H groups in total. The number of rotatable bonds is 5. The molecule has 0 spiro atoms. The molecule has 0 aromatic carbocycles. The lowest BCUT2D eigenvalue weighted by molar-refractivity contribution is -0.145. The minimum atomic E-state index is -0.516. The predicted molar refractivity (Wildman–Crippen MR) is 77.0 cm³/mol. The average molecular weight is 296 g/mol. The summed E-state index contributed by atoms with van der Waals surface area (Å²) < 4.78 is 10.2. The van der Waals surface area contributed by atoms with E-state index in [0.717, 1.165) is 26.1 Å². The smallest absolute Gasteiger partial charge is 0.318 e. The minimum Gasteiger partial charge on any atom is -0.465 e. The molecular formula is C14H24N4O3. The molecule has 7 heteroatoms. The summed E-state index contributed by atoms with van der Waals surface area (Å²) in [6, 6.07) is 0.368. The van der Waals surface area contributed by atoms with E-state index in [2.05, 4.69) is 34.0 Å². The standard InChI is InChI=1S/C14H24N4O3/c1-5-20-14(19)10(2)13-15-12(16-21-13)8-11-9-17(3)6-7-18(11)4/h10-11H,5-9H2,1-4H3. The molecule has 0 radical (unpaired) electrons. The molecule has 2 heterocycles. The first-order valence-electron chi connectivity index (χ1n) is 7.39. The Kier molecular flexibility index (Phi) is 5.30. The van der Waals surface area contributed by atoms with E-state index in [9.17, 15) is 4.79 Å². The molecule has 0 amide bonds. The Morgan fingerprint density at radius 2 is 2.24 bits per heavy atom. The fourth-order valence-corrected chi connectivity index (χ4v) is 2.43. The molecule has 1 aliphatic heterocycles. The SMILES string of the molecule is CCOC(=O)C(C)c1nc(CC2CN(C)CCN2C)no1. The Morgan fingerprint density at radius 1 is 1.48 bits per heavy atom. The maximum atomic E-state index is 11.7. The second kappa shape index (κ2) is 7.00. The van der Waals surface area contributed by atoms with Gasteiger partial charge in [-0.15, -0.1) is 0 Å². The van der Waals surface area contributed by atoms with Gasteiger partial charge in [-0.2, -0.15) is 4.98 Å². The van der Waals surface area contributed by atoms with Gasteiger partial charge in [-0.05, 0) is 27.9 Å². The first-order valence-corrected chi connectivity index (χ1v) is 7.39. The van der Waals surface area contributed by atoms with Gasteiger partial charge in [0.05, 0.1) is 6.61 Å². The average Bonchev–Trinajstić information content (AvgIpc) is 2.91. The van der Waals surface area contributed by atoms with Crippen molar-refractivity contribution in [1.82, 2.24) is 19.9 Å². The van der Waals surface area contributed by atoms with Crippen LogP contribution < -0.4 is 0 Å².